The van der Waals surface area contributed by atoms with Gasteiger partial charge in [0.15, 0.2) is 0 Å². The molecule has 0 aliphatic carbocycles. The smallest absolute Gasteiger partial charge is 0.291 e. The molecule has 0 rings (SSSR count). The van der Waals surface area contributed by atoms with E-state index in [1.807, 2.05) is 0 Å². The minimum atomic E-state index is -1.50. The van der Waals surface area contributed by atoms with Crippen LogP contribution in [-0.4, -0.2) is 110 Å². The zero-order valence-corrected chi connectivity index (χ0v) is 13.5. The SMILES string of the molecule is O=[N+]([O-])O.O=[N+]([O-])O.O=[N+]([O-])O.O=[N+]([O-])O.OCC(O)CO.OCC(O)CO. The zero-order valence-electron chi connectivity index (χ0n) is 13.5. The highest BCUT2D eigenvalue weighted by atomic mass is 16.9. The van der Waals surface area contributed by atoms with E-state index in [-0.39, 0.29) is 26.4 Å². The highest BCUT2D eigenvalue weighted by Gasteiger charge is 1.94. The van der Waals surface area contributed by atoms with Crippen LogP contribution in [0, 0.1) is 40.5 Å². The third-order valence-electron chi connectivity index (χ3n) is 0.843. The van der Waals surface area contributed by atoms with Crippen LogP contribution in [0.1, 0.15) is 0 Å². The Hall–Kier alpha value is -3.44. The molecule has 28 heavy (non-hydrogen) atoms. The summed E-state index contributed by atoms with van der Waals surface area (Å²) in [5.41, 5.74) is 0. The van der Waals surface area contributed by atoms with Crippen molar-refractivity contribution in [1.29, 1.82) is 0 Å². The standard InChI is InChI=1S/2C3H8O3.4HNO3/c2*4-1-3(6)2-5;4*2-1(3)4/h2*3-6H,1-2H2;4*(H,2,3,4). The summed E-state index contributed by atoms with van der Waals surface area (Å²) in [7, 11) is 0. The fraction of sp³-hybridized carbons (Fsp3) is 1.00. The molecular formula is C6H20N4O18. The van der Waals surface area contributed by atoms with Crippen molar-refractivity contribution in [2.45, 2.75) is 12.2 Å². The second kappa shape index (κ2) is 34.8. The molecule has 0 unspecified atom stereocenters. The van der Waals surface area contributed by atoms with E-state index in [9.17, 15) is 0 Å². The van der Waals surface area contributed by atoms with Crippen LogP contribution >= 0.6 is 0 Å². The average Bonchev–Trinajstić information content (AvgIpc) is 2.51. The maximum Gasteiger partial charge on any atom is 0.291 e. The molecule has 0 saturated heterocycles. The third kappa shape index (κ3) is 504. The molecular weight excluding hydrogens is 416 g/mol. The largest absolute Gasteiger partial charge is 0.394 e. The van der Waals surface area contributed by atoms with Crippen LogP contribution < -0.4 is 0 Å². The topological polar surface area (TPSA) is 375 Å². The van der Waals surface area contributed by atoms with Gasteiger partial charge in [-0.3, -0.25) is 0 Å². The third-order valence-corrected chi connectivity index (χ3v) is 0.843. The summed E-state index contributed by atoms with van der Waals surface area (Å²) in [5, 5.41) is 103. The van der Waals surface area contributed by atoms with Crippen molar-refractivity contribution < 1.29 is 71.8 Å². The van der Waals surface area contributed by atoms with E-state index in [1.165, 1.54) is 0 Å². The summed E-state index contributed by atoms with van der Waals surface area (Å²) in [6.07, 6.45) is -1.91. The van der Waals surface area contributed by atoms with E-state index >= 15 is 0 Å². The Labute approximate surface area is 152 Å². The minimum Gasteiger partial charge on any atom is -0.394 e. The molecule has 22 nitrogen and oxygen atoms in total. The molecule has 10 N–H and O–H groups in total. The van der Waals surface area contributed by atoms with Gasteiger partial charge < -0.3 is 51.5 Å². The van der Waals surface area contributed by atoms with Crippen LogP contribution in [0.5, 0.6) is 0 Å². The Kier molecular flexibility index (Phi) is 49.2. The van der Waals surface area contributed by atoms with Crippen molar-refractivity contribution in [3.05, 3.63) is 40.5 Å². The van der Waals surface area contributed by atoms with Crippen molar-refractivity contribution in [3.63, 3.8) is 0 Å². The summed E-state index contributed by atoms with van der Waals surface area (Å²) in [5.74, 6) is 0. The first-order valence-electron chi connectivity index (χ1n) is 5.67. The predicted molar refractivity (Wildman–Crippen MR) is 75.5 cm³/mol. The van der Waals surface area contributed by atoms with Gasteiger partial charge in [-0.05, 0) is 0 Å². The maximum atomic E-state index is 8.36. The van der Waals surface area contributed by atoms with Crippen molar-refractivity contribution in [3.8, 4) is 0 Å². The molecule has 0 aliphatic rings. The summed E-state index contributed by atoms with van der Waals surface area (Å²) in [6, 6.07) is 0. The fourth-order valence-corrected chi connectivity index (χ4v) is 0.115. The monoisotopic (exact) mass is 436 g/mol. The first-order valence-corrected chi connectivity index (χ1v) is 5.67. The lowest BCUT2D eigenvalue weighted by Gasteiger charge is -1.96. The van der Waals surface area contributed by atoms with Gasteiger partial charge in [-0.2, -0.15) is 0 Å². The van der Waals surface area contributed by atoms with E-state index in [2.05, 4.69) is 0 Å². The van der Waals surface area contributed by atoms with E-state index < -0.39 is 32.6 Å². The molecule has 0 aromatic heterocycles. The van der Waals surface area contributed by atoms with Crippen LogP contribution in [0.2, 0.25) is 0 Å². The minimum absolute atomic E-state index is 0.365. The van der Waals surface area contributed by atoms with Gasteiger partial charge in [0, 0.05) is 0 Å². The van der Waals surface area contributed by atoms with Crippen molar-refractivity contribution in [1.82, 2.24) is 0 Å². The van der Waals surface area contributed by atoms with Crippen molar-refractivity contribution in [2.24, 2.45) is 0 Å². The molecule has 0 spiro atoms. The van der Waals surface area contributed by atoms with E-state index in [0.717, 1.165) is 0 Å². The van der Waals surface area contributed by atoms with Gasteiger partial charge in [-0.15, -0.1) is 40.5 Å². The lowest BCUT2D eigenvalue weighted by atomic mass is 10.4. The molecule has 0 amide bonds. The predicted octanol–water partition coefficient (Wildman–Crippen LogP) is -4.73. The number of aliphatic hydroxyl groups excluding tert-OH is 6. The first kappa shape index (κ1) is 39.6. The number of hydrogen-bond acceptors (Lipinski definition) is 14. The molecule has 0 aliphatic heterocycles. The molecule has 0 saturated carbocycles. The van der Waals surface area contributed by atoms with Crippen LogP contribution in [0.25, 0.3) is 0 Å². The number of aliphatic hydroxyl groups is 6. The Morgan fingerprint density at radius 3 is 0.571 bits per heavy atom. The van der Waals surface area contributed by atoms with Crippen LogP contribution in [-0.2, 0) is 0 Å². The van der Waals surface area contributed by atoms with Crippen LogP contribution in [0.15, 0.2) is 0 Å². The molecule has 0 radical (unpaired) electrons. The molecule has 0 bridgehead atoms. The van der Waals surface area contributed by atoms with Gasteiger partial charge in [0.05, 0.1) is 26.4 Å². The highest BCUT2D eigenvalue weighted by molar-refractivity contribution is 4.44. The molecule has 172 valence electrons. The van der Waals surface area contributed by atoms with Gasteiger partial charge in [-0.1, -0.05) is 0 Å². The summed E-state index contributed by atoms with van der Waals surface area (Å²) >= 11 is 0. The second-order valence-corrected chi connectivity index (χ2v) is 2.99. The summed E-state index contributed by atoms with van der Waals surface area (Å²) in [6.45, 7) is -1.46. The Bertz CT molecular complexity index is 284. The molecule has 0 aromatic rings. The van der Waals surface area contributed by atoms with Crippen molar-refractivity contribution in [2.75, 3.05) is 26.4 Å². The van der Waals surface area contributed by atoms with Crippen molar-refractivity contribution >= 4 is 0 Å². The lowest BCUT2D eigenvalue weighted by Crippen LogP contribution is -2.15. The first-order chi connectivity index (χ1) is 12.5. The number of rotatable bonds is 4. The molecule has 22 heteroatoms. The molecule has 0 aromatic carbocycles. The second-order valence-electron chi connectivity index (χ2n) is 2.99. The highest BCUT2D eigenvalue weighted by Crippen LogP contribution is 1.72. The normalized spacial score (nSPS) is 7.71. The maximum absolute atomic E-state index is 8.36. The molecule has 0 atom stereocenters. The van der Waals surface area contributed by atoms with E-state index in [0.29, 0.717) is 0 Å². The molecule has 0 fully saturated rings. The molecule has 0 heterocycles. The Morgan fingerprint density at radius 2 is 0.571 bits per heavy atom. The number of nitrogens with zero attached hydrogens (tertiary/aromatic N) is 4. The zero-order chi connectivity index (χ0) is 24.3. The van der Waals surface area contributed by atoms with Crippen LogP contribution in [0.4, 0.5) is 0 Å². The summed E-state index contributed by atoms with van der Waals surface area (Å²) in [4.78, 5) is 33.4. The lowest BCUT2D eigenvalue weighted by molar-refractivity contribution is -0.742. The quantitative estimate of drug-likeness (QED) is 0.146. The van der Waals surface area contributed by atoms with Gasteiger partial charge in [0.25, 0.3) is 20.3 Å². The van der Waals surface area contributed by atoms with E-state index in [4.69, 9.17) is 91.9 Å². The van der Waals surface area contributed by atoms with E-state index in [1.54, 1.807) is 0 Å². The Morgan fingerprint density at radius 1 is 0.500 bits per heavy atom. The Balaban J connectivity index is -0.0000000525. The fourth-order valence-electron chi connectivity index (χ4n) is 0.115. The number of hydrogen-bond donors (Lipinski definition) is 10. The summed E-state index contributed by atoms with van der Waals surface area (Å²) < 4.78 is 0. The van der Waals surface area contributed by atoms with Gasteiger partial charge in [-0.25, -0.2) is 0 Å². The van der Waals surface area contributed by atoms with Gasteiger partial charge in [0.1, 0.15) is 12.2 Å². The van der Waals surface area contributed by atoms with Crippen LogP contribution in [0.3, 0.4) is 0 Å². The van der Waals surface area contributed by atoms with Gasteiger partial charge in [0.2, 0.25) is 0 Å². The van der Waals surface area contributed by atoms with Gasteiger partial charge >= 0.3 is 0 Å². The average molecular weight is 436 g/mol.